The molecular formula is C14H12BrNO3. The lowest BCUT2D eigenvalue weighted by molar-refractivity contribution is 0.0473. The third kappa shape index (κ3) is 3.48. The van der Waals surface area contributed by atoms with E-state index in [2.05, 4.69) is 15.9 Å². The number of hydrogen-bond acceptors (Lipinski definition) is 4. The van der Waals surface area contributed by atoms with Gasteiger partial charge in [-0.05, 0) is 35.9 Å². The lowest BCUT2D eigenvalue weighted by Crippen LogP contribution is -2.08. The highest BCUT2D eigenvalue weighted by molar-refractivity contribution is 9.10. The van der Waals surface area contributed by atoms with Gasteiger partial charge >= 0.3 is 5.97 Å². The summed E-state index contributed by atoms with van der Waals surface area (Å²) in [6.45, 7) is 0.154. The Kier molecular flexibility index (Phi) is 4.06. The summed E-state index contributed by atoms with van der Waals surface area (Å²) in [5.41, 5.74) is 6.97. The van der Waals surface area contributed by atoms with E-state index in [0.717, 1.165) is 10.0 Å². The normalized spacial score (nSPS) is 10.2. The monoisotopic (exact) mass is 321 g/mol. The fourth-order valence-corrected chi connectivity index (χ4v) is 1.79. The van der Waals surface area contributed by atoms with Crippen LogP contribution in [-0.2, 0) is 11.3 Å². The van der Waals surface area contributed by atoms with Crippen molar-refractivity contribution in [2.75, 3.05) is 5.73 Å². The number of phenolic OH excluding ortho intramolecular Hbond substituents is 1. The third-order valence-electron chi connectivity index (χ3n) is 2.54. The third-order valence-corrected chi connectivity index (χ3v) is 3.07. The first-order chi connectivity index (χ1) is 9.06. The molecule has 2 rings (SSSR count). The summed E-state index contributed by atoms with van der Waals surface area (Å²) >= 11 is 3.33. The van der Waals surface area contributed by atoms with Crippen LogP contribution in [0.25, 0.3) is 0 Å². The zero-order valence-corrected chi connectivity index (χ0v) is 11.6. The van der Waals surface area contributed by atoms with E-state index in [0.29, 0.717) is 0 Å². The summed E-state index contributed by atoms with van der Waals surface area (Å²) in [5.74, 6) is -0.582. The molecule has 0 spiro atoms. The van der Waals surface area contributed by atoms with Crippen molar-refractivity contribution >= 4 is 27.6 Å². The number of esters is 1. The molecule has 0 radical (unpaired) electrons. The van der Waals surface area contributed by atoms with Gasteiger partial charge in [0, 0.05) is 10.2 Å². The molecule has 98 valence electrons. The SMILES string of the molecule is Nc1ccc(O)cc1C(=O)OCc1ccc(Br)cc1. The zero-order chi connectivity index (χ0) is 13.8. The van der Waals surface area contributed by atoms with Crippen LogP contribution in [0.5, 0.6) is 5.75 Å². The average molecular weight is 322 g/mol. The molecule has 0 aromatic heterocycles. The number of carbonyl (C=O) groups excluding carboxylic acids is 1. The van der Waals surface area contributed by atoms with E-state index >= 15 is 0 Å². The Morgan fingerprint density at radius 1 is 1.21 bits per heavy atom. The minimum Gasteiger partial charge on any atom is -0.508 e. The predicted octanol–water partition coefficient (Wildman–Crippen LogP) is 3.09. The molecule has 0 fully saturated rings. The summed E-state index contributed by atoms with van der Waals surface area (Å²) in [7, 11) is 0. The number of halogens is 1. The lowest BCUT2D eigenvalue weighted by Gasteiger charge is -2.07. The van der Waals surface area contributed by atoms with Crippen LogP contribution in [0.4, 0.5) is 5.69 Å². The van der Waals surface area contributed by atoms with E-state index in [1.807, 2.05) is 24.3 Å². The van der Waals surface area contributed by atoms with Gasteiger partial charge < -0.3 is 15.6 Å². The van der Waals surface area contributed by atoms with Gasteiger partial charge in [0.05, 0.1) is 5.56 Å². The summed E-state index contributed by atoms with van der Waals surface area (Å²) < 4.78 is 6.10. The Balaban J connectivity index is 2.05. The molecule has 0 bridgehead atoms. The molecule has 0 atom stereocenters. The fraction of sp³-hybridized carbons (Fsp3) is 0.0714. The molecule has 0 aliphatic carbocycles. The number of benzene rings is 2. The number of phenols is 1. The van der Waals surface area contributed by atoms with E-state index < -0.39 is 5.97 Å². The first-order valence-corrected chi connectivity index (χ1v) is 6.35. The van der Waals surface area contributed by atoms with Crippen molar-refractivity contribution in [2.45, 2.75) is 6.61 Å². The number of carbonyl (C=O) groups is 1. The highest BCUT2D eigenvalue weighted by Gasteiger charge is 2.12. The van der Waals surface area contributed by atoms with Crippen LogP contribution < -0.4 is 5.73 Å². The molecule has 0 unspecified atom stereocenters. The van der Waals surface area contributed by atoms with Gasteiger partial charge in [-0.2, -0.15) is 0 Å². The molecular weight excluding hydrogens is 310 g/mol. The van der Waals surface area contributed by atoms with Gasteiger partial charge in [0.2, 0.25) is 0 Å². The first-order valence-electron chi connectivity index (χ1n) is 5.56. The maximum atomic E-state index is 11.8. The first kappa shape index (κ1) is 13.4. The van der Waals surface area contributed by atoms with Gasteiger partial charge in [0.15, 0.2) is 0 Å². The van der Waals surface area contributed by atoms with Gasteiger partial charge in [-0.15, -0.1) is 0 Å². The van der Waals surface area contributed by atoms with Gasteiger partial charge in [-0.3, -0.25) is 0 Å². The minimum absolute atomic E-state index is 0.0233. The van der Waals surface area contributed by atoms with E-state index in [4.69, 9.17) is 10.5 Å². The number of nitrogen functional groups attached to an aromatic ring is 1. The molecule has 3 N–H and O–H groups in total. The molecule has 2 aromatic carbocycles. The number of ether oxygens (including phenoxy) is 1. The van der Waals surface area contributed by atoms with Crippen molar-refractivity contribution in [1.29, 1.82) is 0 Å². The largest absolute Gasteiger partial charge is 0.508 e. The second kappa shape index (κ2) is 5.75. The van der Waals surface area contributed by atoms with E-state index in [1.54, 1.807) is 0 Å². The van der Waals surface area contributed by atoms with Gasteiger partial charge in [-0.1, -0.05) is 28.1 Å². The van der Waals surface area contributed by atoms with E-state index in [9.17, 15) is 9.90 Å². The molecule has 4 nitrogen and oxygen atoms in total. The molecule has 0 saturated carbocycles. The quantitative estimate of drug-likeness (QED) is 0.517. The van der Waals surface area contributed by atoms with Crippen LogP contribution in [-0.4, -0.2) is 11.1 Å². The molecule has 2 aromatic rings. The molecule has 0 aliphatic heterocycles. The maximum Gasteiger partial charge on any atom is 0.340 e. The van der Waals surface area contributed by atoms with Crippen molar-refractivity contribution in [1.82, 2.24) is 0 Å². The second-order valence-electron chi connectivity index (χ2n) is 3.97. The van der Waals surface area contributed by atoms with Crippen LogP contribution in [0.3, 0.4) is 0 Å². The number of rotatable bonds is 3. The highest BCUT2D eigenvalue weighted by atomic mass is 79.9. The summed E-state index contributed by atoms with van der Waals surface area (Å²) in [4.78, 5) is 11.8. The maximum absolute atomic E-state index is 11.8. The fourth-order valence-electron chi connectivity index (χ4n) is 1.53. The minimum atomic E-state index is -0.559. The van der Waals surface area contributed by atoms with Crippen molar-refractivity contribution in [2.24, 2.45) is 0 Å². The predicted molar refractivity (Wildman–Crippen MR) is 75.8 cm³/mol. The number of nitrogens with two attached hydrogens (primary N) is 1. The van der Waals surface area contributed by atoms with Crippen LogP contribution in [0.15, 0.2) is 46.9 Å². The topological polar surface area (TPSA) is 72.5 Å². The highest BCUT2D eigenvalue weighted by Crippen LogP contribution is 2.20. The molecule has 19 heavy (non-hydrogen) atoms. The summed E-state index contributed by atoms with van der Waals surface area (Å²) in [5, 5.41) is 9.33. The van der Waals surface area contributed by atoms with Gasteiger partial charge in [-0.25, -0.2) is 4.79 Å². The second-order valence-corrected chi connectivity index (χ2v) is 4.89. The van der Waals surface area contributed by atoms with Crippen molar-refractivity contribution in [3.63, 3.8) is 0 Å². The van der Waals surface area contributed by atoms with Crippen LogP contribution in [0.2, 0.25) is 0 Å². The molecule has 0 saturated heterocycles. The number of aromatic hydroxyl groups is 1. The Morgan fingerprint density at radius 2 is 1.89 bits per heavy atom. The Hall–Kier alpha value is -2.01. The molecule has 5 heteroatoms. The smallest absolute Gasteiger partial charge is 0.340 e. The number of hydrogen-bond donors (Lipinski definition) is 2. The Bertz CT molecular complexity index is 596. The molecule has 0 heterocycles. The van der Waals surface area contributed by atoms with Crippen molar-refractivity contribution in [3.8, 4) is 5.75 Å². The van der Waals surface area contributed by atoms with E-state index in [1.165, 1.54) is 18.2 Å². The Labute approximate surface area is 118 Å². The molecule has 0 aliphatic rings. The van der Waals surface area contributed by atoms with Crippen LogP contribution in [0, 0.1) is 0 Å². The summed E-state index contributed by atoms with van der Waals surface area (Å²) in [6, 6.07) is 11.6. The van der Waals surface area contributed by atoms with Gasteiger partial charge in [0.1, 0.15) is 12.4 Å². The van der Waals surface area contributed by atoms with Crippen molar-refractivity contribution in [3.05, 3.63) is 58.1 Å². The van der Waals surface area contributed by atoms with E-state index in [-0.39, 0.29) is 23.6 Å². The standard InChI is InChI=1S/C14H12BrNO3/c15-10-3-1-9(2-4-10)8-19-14(18)12-7-11(17)5-6-13(12)16/h1-7,17H,8,16H2. The van der Waals surface area contributed by atoms with Crippen LogP contribution >= 0.6 is 15.9 Å². The van der Waals surface area contributed by atoms with Crippen molar-refractivity contribution < 1.29 is 14.6 Å². The molecule has 0 amide bonds. The lowest BCUT2D eigenvalue weighted by atomic mass is 10.1. The van der Waals surface area contributed by atoms with Gasteiger partial charge in [0.25, 0.3) is 0 Å². The zero-order valence-electron chi connectivity index (χ0n) is 9.97. The average Bonchev–Trinajstić information content (AvgIpc) is 2.40. The summed E-state index contributed by atoms with van der Waals surface area (Å²) in [6.07, 6.45) is 0. The Morgan fingerprint density at radius 3 is 2.58 bits per heavy atom. The van der Waals surface area contributed by atoms with Crippen LogP contribution in [0.1, 0.15) is 15.9 Å². The number of anilines is 1.